The predicted molar refractivity (Wildman–Crippen MR) is 143 cm³/mol. The smallest absolute Gasteiger partial charge is 0.418 e. The van der Waals surface area contributed by atoms with E-state index >= 15 is 0 Å². The van der Waals surface area contributed by atoms with Gasteiger partial charge in [-0.2, -0.15) is 13.2 Å². The van der Waals surface area contributed by atoms with Crippen molar-refractivity contribution in [1.82, 2.24) is 5.32 Å². The molecule has 0 radical (unpaired) electrons. The fourth-order valence-electron chi connectivity index (χ4n) is 3.99. The lowest BCUT2D eigenvalue weighted by atomic mass is 10.1. The molecule has 204 valence electrons. The molecule has 39 heavy (non-hydrogen) atoms. The molecule has 0 aromatic heterocycles. The van der Waals surface area contributed by atoms with E-state index in [0.29, 0.717) is 17.3 Å². The summed E-state index contributed by atoms with van der Waals surface area (Å²) in [5.41, 5.74) is 0.0705. The van der Waals surface area contributed by atoms with Crippen molar-refractivity contribution >= 4 is 56.6 Å². The van der Waals surface area contributed by atoms with E-state index in [-0.39, 0.29) is 40.7 Å². The molecule has 1 aliphatic heterocycles. The number of benzene rings is 3. The summed E-state index contributed by atoms with van der Waals surface area (Å²) in [7, 11) is 0. The SMILES string of the molecule is O=C(COc1ccc(N2C[C@@H](C(=O)NCc3ccc(Cl)cc3)CC2=O)cc1)Nc1ccc(Br)cc1C(F)(F)F. The van der Waals surface area contributed by atoms with Gasteiger partial charge in [-0.3, -0.25) is 14.4 Å². The highest BCUT2D eigenvalue weighted by Crippen LogP contribution is 2.36. The Hall–Kier alpha value is -3.57. The van der Waals surface area contributed by atoms with Crippen LogP contribution in [0, 0.1) is 5.92 Å². The lowest BCUT2D eigenvalue weighted by Crippen LogP contribution is -2.32. The number of anilines is 2. The van der Waals surface area contributed by atoms with Crippen LogP contribution in [0.1, 0.15) is 17.5 Å². The molecule has 0 spiro atoms. The lowest BCUT2D eigenvalue weighted by Gasteiger charge is -2.17. The number of ether oxygens (including phenoxy) is 1. The molecule has 7 nitrogen and oxygen atoms in total. The van der Waals surface area contributed by atoms with Crippen molar-refractivity contribution in [3.63, 3.8) is 0 Å². The molecule has 0 bridgehead atoms. The van der Waals surface area contributed by atoms with Crippen LogP contribution in [0.25, 0.3) is 0 Å². The molecule has 0 saturated carbocycles. The molecule has 4 rings (SSSR count). The van der Waals surface area contributed by atoms with Gasteiger partial charge in [-0.15, -0.1) is 0 Å². The minimum absolute atomic E-state index is 0.0703. The Labute approximate surface area is 235 Å². The maximum absolute atomic E-state index is 13.3. The minimum atomic E-state index is -4.65. The van der Waals surface area contributed by atoms with Gasteiger partial charge in [-0.05, 0) is 60.2 Å². The third-order valence-electron chi connectivity index (χ3n) is 5.96. The summed E-state index contributed by atoms with van der Waals surface area (Å²) in [4.78, 5) is 38.9. The van der Waals surface area contributed by atoms with Gasteiger partial charge in [0.1, 0.15) is 5.75 Å². The Morgan fingerprint density at radius 1 is 1.05 bits per heavy atom. The molecule has 0 aliphatic carbocycles. The summed E-state index contributed by atoms with van der Waals surface area (Å²) in [5.74, 6) is -1.43. The molecular formula is C27H22BrClF3N3O4. The van der Waals surface area contributed by atoms with Gasteiger partial charge in [0.05, 0.1) is 17.2 Å². The zero-order valence-corrected chi connectivity index (χ0v) is 22.6. The average molecular weight is 625 g/mol. The molecule has 0 unspecified atom stereocenters. The second kappa shape index (κ2) is 12.1. The first-order valence-corrected chi connectivity index (χ1v) is 12.9. The first-order chi connectivity index (χ1) is 18.5. The largest absolute Gasteiger partial charge is 0.484 e. The van der Waals surface area contributed by atoms with Crippen molar-refractivity contribution in [2.24, 2.45) is 5.92 Å². The van der Waals surface area contributed by atoms with Crippen molar-refractivity contribution in [1.29, 1.82) is 0 Å². The Morgan fingerprint density at radius 3 is 2.41 bits per heavy atom. The number of alkyl halides is 3. The van der Waals surface area contributed by atoms with Gasteiger partial charge in [-0.1, -0.05) is 39.7 Å². The minimum Gasteiger partial charge on any atom is -0.484 e. The predicted octanol–water partition coefficient (Wildman–Crippen LogP) is 5.81. The number of hydrogen-bond acceptors (Lipinski definition) is 4. The summed E-state index contributed by atoms with van der Waals surface area (Å²) in [5, 5.41) is 5.65. The highest BCUT2D eigenvalue weighted by atomic mass is 79.9. The fourth-order valence-corrected chi connectivity index (χ4v) is 4.47. The van der Waals surface area contributed by atoms with Crippen molar-refractivity contribution in [3.8, 4) is 5.75 Å². The zero-order chi connectivity index (χ0) is 28.2. The van der Waals surface area contributed by atoms with Gasteiger partial charge < -0.3 is 20.3 Å². The van der Waals surface area contributed by atoms with E-state index in [1.54, 1.807) is 24.3 Å². The van der Waals surface area contributed by atoms with Crippen molar-refractivity contribution < 1.29 is 32.3 Å². The number of carbonyl (C=O) groups excluding carboxylic acids is 3. The van der Waals surface area contributed by atoms with E-state index in [2.05, 4.69) is 26.6 Å². The molecule has 2 N–H and O–H groups in total. The summed E-state index contributed by atoms with van der Waals surface area (Å²) < 4.78 is 45.4. The van der Waals surface area contributed by atoms with Gasteiger partial charge >= 0.3 is 6.18 Å². The molecule has 1 fully saturated rings. The number of nitrogens with one attached hydrogen (secondary N) is 2. The molecule has 3 aromatic carbocycles. The van der Waals surface area contributed by atoms with Crippen LogP contribution in [0.15, 0.2) is 71.2 Å². The summed E-state index contributed by atoms with van der Waals surface area (Å²) in [6.07, 6.45) is -4.58. The number of halogens is 5. The van der Waals surface area contributed by atoms with E-state index in [0.717, 1.165) is 17.7 Å². The number of carbonyl (C=O) groups is 3. The summed E-state index contributed by atoms with van der Waals surface area (Å²) >= 11 is 8.86. The third-order valence-corrected chi connectivity index (χ3v) is 6.70. The molecule has 1 atom stereocenters. The van der Waals surface area contributed by atoms with Crippen molar-refractivity contribution in [2.45, 2.75) is 19.1 Å². The third kappa shape index (κ3) is 7.51. The van der Waals surface area contributed by atoms with Crippen LogP contribution in [0.2, 0.25) is 5.02 Å². The van der Waals surface area contributed by atoms with Gasteiger partial charge in [-0.25, -0.2) is 0 Å². The molecular weight excluding hydrogens is 603 g/mol. The monoisotopic (exact) mass is 623 g/mol. The Bertz CT molecular complexity index is 1370. The van der Waals surface area contributed by atoms with E-state index in [4.69, 9.17) is 16.3 Å². The second-order valence-electron chi connectivity index (χ2n) is 8.77. The Morgan fingerprint density at radius 2 is 1.74 bits per heavy atom. The van der Waals surface area contributed by atoms with Crippen LogP contribution in [-0.4, -0.2) is 30.9 Å². The molecule has 1 aliphatic rings. The normalized spacial score (nSPS) is 15.3. The first-order valence-electron chi connectivity index (χ1n) is 11.7. The van der Waals surface area contributed by atoms with Crippen LogP contribution >= 0.6 is 27.5 Å². The molecule has 3 aromatic rings. The van der Waals surface area contributed by atoms with Gasteiger partial charge in [0.2, 0.25) is 11.8 Å². The number of hydrogen-bond donors (Lipinski definition) is 2. The van der Waals surface area contributed by atoms with Crippen molar-refractivity contribution in [3.05, 3.63) is 87.4 Å². The van der Waals surface area contributed by atoms with E-state index in [1.807, 2.05) is 12.1 Å². The highest BCUT2D eigenvalue weighted by Gasteiger charge is 2.35. The van der Waals surface area contributed by atoms with Crippen LogP contribution < -0.4 is 20.3 Å². The second-order valence-corrected chi connectivity index (χ2v) is 10.1. The summed E-state index contributed by atoms with van der Waals surface area (Å²) in [6.45, 7) is 0.00742. The Kier molecular flexibility index (Phi) is 8.81. The van der Waals surface area contributed by atoms with Gasteiger partial charge in [0.25, 0.3) is 5.91 Å². The van der Waals surface area contributed by atoms with E-state index in [9.17, 15) is 27.6 Å². The maximum atomic E-state index is 13.3. The first kappa shape index (κ1) is 28.4. The zero-order valence-electron chi connectivity index (χ0n) is 20.2. The van der Waals surface area contributed by atoms with Crippen LogP contribution in [0.3, 0.4) is 0 Å². The van der Waals surface area contributed by atoms with Crippen LogP contribution in [0.5, 0.6) is 5.75 Å². The number of amides is 3. The molecule has 12 heteroatoms. The van der Waals surface area contributed by atoms with Gasteiger partial charge in [0, 0.05) is 34.7 Å². The Balaban J connectivity index is 1.29. The average Bonchev–Trinajstić information content (AvgIpc) is 3.29. The maximum Gasteiger partial charge on any atom is 0.418 e. The number of nitrogens with zero attached hydrogens (tertiary/aromatic N) is 1. The fraction of sp³-hybridized carbons (Fsp3) is 0.222. The lowest BCUT2D eigenvalue weighted by molar-refractivity contribution is -0.137. The van der Waals surface area contributed by atoms with Crippen molar-refractivity contribution in [2.75, 3.05) is 23.4 Å². The highest BCUT2D eigenvalue weighted by molar-refractivity contribution is 9.10. The quantitative estimate of drug-likeness (QED) is 0.331. The number of rotatable bonds is 8. The summed E-state index contributed by atoms with van der Waals surface area (Å²) in [6, 6.07) is 16.8. The molecule has 1 saturated heterocycles. The van der Waals surface area contributed by atoms with Gasteiger partial charge in [0.15, 0.2) is 6.61 Å². The van der Waals surface area contributed by atoms with Crippen LogP contribution in [-0.2, 0) is 27.1 Å². The molecule has 3 amide bonds. The topological polar surface area (TPSA) is 87.7 Å². The standard InChI is InChI=1S/C27H22BrClF3N3O4/c28-18-3-10-23(22(12-18)27(30,31)32)34-24(36)15-39-21-8-6-20(7-9-21)35-14-17(11-25(35)37)26(38)33-13-16-1-4-19(29)5-2-16/h1-10,12,17H,11,13-15H2,(H,33,38)(H,34,36)/t17-/m0/s1. The van der Waals surface area contributed by atoms with E-state index in [1.165, 1.54) is 23.1 Å². The van der Waals surface area contributed by atoms with Crippen LogP contribution in [0.4, 0.5) is 24.5 Å². The van der Waals surface area contributed by atoms with E-state index < -0.39 is 30.2 Å². The molecule has 1 heterocycles.